The Bertz CT molecular complexity index is 838. The number of rotatable bonds is 10. The number of ether oxygens (including phenoxy) is 2. The standard InChI is InChI=1S/C21H26F3NO4S/c1-4-5-15-11-14(12-30-15)19(26)16(25-20(27)21(22,23)24)8-6-13-7-9-17(28-2)18(10-13)29-3/h7,9-12,16,19,26H,4-6,8H2,1-3H3,(H,25,27)/t16-,19-/m1/s1. The topological polar surface area (TPSA) is 67.8 Å². The van der Waals surface area contributed by atoms with E-state index in [1.807, 2.05) is 12.2 Å². The van der Waals surface area contributed by atoms with Crippen molar-refractivity contribution in [3.8, 4) is 11.5 Å². The van der Waals surface area contributed by atoms with Gasteiger partial charge in [0.1, 0.15) is 0 Å². The van der Waals surface area contributed by atoms with Crippen LogP contribution in [-0.2, 0) is 17.6 Å². The first-order chi connectivity index (χ1) is 14.2. The second-order valence-electron chi connectivity index (χ2n) is 6.85. The number of carbonyl (C=O) groups is 1. The highest BCUT2D eigenvalue weighted by molar-refractivity contribution is 7.10. The van der Waals surface area contributed by atoms with E-state index in [2.05, 4.69) is 0 Å². The smallest absolute Gasteiger partial charge is 0.471 e. The molecule has 1 heterocycles. The number of hydrogen-bond donors (Lipinski definition) is 2. The zero-order chi connectivity index (χ0) is 22.3. The van der Waals surface area contributed by atoms with Crippen molar-refractivity contribution in [2.24, 2.45) is 0 Å². The van der Waals surface area contributed by atoms with Crippen LogP contribution in [0.25, 0.3) is 0 Å². The highest BCUT2D eigenvalue weighted by atomic mass is 32.1. The first-order valence-corrected chi connectivity index (χ1v) is 10.4. The molecule has 9 heteroatoms. The predicted octanol–water partition coefficient (Wildman–Crippen LogP) is 4.43. The fourth-order valence-electron chi connectivity index (χ4n) is 3.08. The van der Waals surface area contributed by atoms with E-state index in [4.69, 9.17) is 9.47 Å². The number of alkyl halides is 3. The molecule has 0 saturated carbocycles. The normalized spacial score (nSPS) is 13.6. The van der Waals surface area contributed by atoms with E-state index < -0.39 is 24.2 Å². The second kappa shape index (κ2) is 10.7. The Morgan fingerprint density at radius 1 is 1.17 bits per heavy atom. The molecule has 1 aromatic heterocycles. The molecule has 0 unspecified atom stereocenters. The lowest BCUT2D eigenvalue weighted by Crippen LogP contribution is -2.46. The van der Waals surface area contributed by atoms with Crippen LogP contribution in [0.15, 0.2) is 29.6 Å². The van der Waals surface area contributed by atoms with Crippen molar-refractivity contribution in [3.05, 3.63) is 45.6 Å². The number of thiophene rings is 1. The van der Waals surface area contributed by atoms with Gasteiger partial charge in [-0.2, -0.15) is 13.2 Å². The summed E-state index contributed by atoms with van der Waals surface area (Å²) in [5.74, 6) is -1.04. The molecule has 0 fully saturated rings. The molecule has 0 spiro atoms. The van der Waals surface area contributed by atoms with Crippen LogP contribution in [0.4, 0.5) is 13.2 Å². The number of carbonyl (C=O) groups excluding carboxylic acids is 1. The zero-order valence-corrected chi connectivity index (χ0v) is 17.9. The SMILES string of the molecule is CCCc1cc([C@@H](O)[C@@H](CCc2ccc(OC)c(OC)c2)NC(=O)C(F)(F)F)cs1. The molecule has 5 nitrogen and oxygen atoms in total. The molecule has 1 amide bonds. The third kappa shape index (κ3) is 6.37. The Labute approximate surface area is 177 Å². The molecule has 0 aliphatic heterocycles. The largest absolute Gasteiger partial charge is 0.493 e. The molecule has 1 aromatic carbocycles. The summed E-state index contributed by atoms with van der Waals surface area (Å²) in [5, 5.41) is 14.4. The Hall–Kier alpha value is -2.26. The molecular weight excluding hydrogens is 419 g/mol. The zero-order valence-electron chi connectivity index (χ0n) is 17.1. The molecule has 2 N–H and O–H groups in total. The quantitative estimate of drug-likeness (QED) is 0.568. The fraction of sp³-hybridized carbons (Fsp3) is 0.476. The summed E-state index contributed by atoms with van der Waals surface area (Å²) in [6, 6.07) is 5.86. The average molecular weight is 446 g/mol. The molecule has 0 saturated heterocycles. The Balaban J connectivity index is 2.19. The Morgan fingerprint density at radius 2 is 1.87 bits per heavy atom. The molecule has 2 aromatic rings. The van der Waals surface area contributed by atoms with Gasteiger partial charge in [0, 0.05) is 4.88 Å². The minimum Gasteiger partial charge on any atom is -0.493 e. The number of aryl methyl sites for hydroxylation is 2. The summed E-state index contributed by atoms with van der Waals surface area (Å²) in [6.07, 6.45) is -4.10. The number of hydrogen-bond acceptors (Lipinski definition) is 5. The van der Waals surface area contributed by atoms with E-state index in [1.165, 1.54) is 25.6 Å². The van der Waals surface area contributed by atoms with Crippen molar-refractivity contribution >= 4 is 17.2 Å². The lowest BCUT2D eigenvalue weighted by atomic mass is 9.97. The number of aliphatic hydroxyl groups excluding tert-OH is 1. The van der Waals surface area contributed by atoms with Gasteiger partial charge in [0.25, 0.3) is 0 Å². The molecule has 0 aliphatic carbocycles. The monoisotopic (exact) mass is 445 g/mol. The molecule has 0 radical (unpaired) electrons. The average Bonchev–Trinajstić information content (AvgIpc) is 3.18. The summed E-state index contributed by atoms with van der Waals surface area (Å²) in [5.41, 5.74) is 1.28. The summed E-state index contributed by atoms with van der Waals surface area (Å²) >= 11 is 1.44. The van der Waals surface area contributed by atoms with Gasteiger partial charge in [-0.1, -0.05) is 19.4 Å². The van der Waals surface area contributed by atoms with Gasteiger partial charge in [-0.05, 0) is 54.0 Å². The highest BCUT2D eigenvalue weighted by Gasteiger charge is 2.40. The third-order valence-electron chi connectivity index (χ3n) is 4.66. The molecule has 0 bridgehead atoms. The molecular formula is C21H26F3NO4S. The van der Waals surface area contributed by atoms with Crippen molar-refractivity contribution < 1.29 is 32.5 Å². The number of nitrogens with one attached hydrogen (secondary N) is 1. The van der Waals surface area contributed by atoms with Crippen LogP contribution in [0.2, 0.25) is 0 Å². The maximum atomic E-state index is 12.8. The van der Waals surface area contributed by atoms with Crippen molar-refractivity contribution in [1.82, 2.24) is 5.32 Å². The van der Waals surface area contributed by atoms with Gasteiger partial charge >= 0.3 is 12.1 Å². The van der Waals surface area contributed by atoms with Gasteiger partial charge in [0.05, 0.1) is 26.4 Å². The number of aliphatic hydroxyl groups is 1. The van der Waals surface area contributed by atoms with Crippen LogP contribution in [0.5, 0.6) is 11.5 Å². The van der Waals surface area contributed by atoms with E-state index in [0.717, 1.165) is 23.3 Å². The first-order valence-electron chi connectivity index (χ1n) is 9.53. The van der Waals surface area contributed by atoms with Crippen LogP contribution >= 0.6 is 11.3 Å². The van der Waals surface area contributed by atoms with Gasteiger partial charge in [-0.3, -0.25) is 4.79 Å². The summed E-state index contributed by atoms with van der Waals surface area (Å²) in [4.78, 5) is 12.6. The number of methoxy groups -OCH3 is 2. The van der Waals surface area contributed by atoms with Crippen molar-refractivity contribution in [2.45, 2.75) is 50.9 Å². The number of amides is 1. The van der Waals surface area contributed by atoms with E-state index in [0.29, 0.717) is 23.5 Å². The highest BCUT2D eigenvalue weighted by Crippen LogP contribution is 2.30. The lowest BCUT2D eigenvalue weighted by Gasteiger charge is -2.24. The molecule has 0 aliphatic rings. The van der Waals surface area contributed by atoms with Crippen LogP contribution in [0, 0.1) is 0 Å². The van der Waals surface area contributed by atoms with E-state index in [9.17, 15) is 23.1 Å². The summed E-state index contributed by atoms with van der Waals surface area (Å²) < 4.78 is 48.8. The van der Waals surface area contributed by atoms with E-state index >= 15 is 0 Å². The van der Waals surface area contributed by atoms with Gasteiger partial charge < -0.3 is 19.9 Å². The van der Waals surface area contributed by atoms with Gasteiger partial charge in [0.15, 0.2) is 11.5 Å². The van der Waals surface area contributed by atoms with Crippen LogP contribution in [0.3, 0.4) is 0 Å². The van der Waals surface area contributed by atoms with Crippen LogP contribution < -0.4 is 14.8 Å². The Morgan fingerprint density at radius 3 is 2.47 bits per heavy atom. The maximum absolute atomic E-state index is 12.8. The van der Waals surface area contributed by atoms with Gasteiger partial charge in [-0.15, -0.1) is 11.3 Å². The minimum atomic E-state index is -5.02. The molecule has 2 atom stereocenters. The lowest BCUT2D eigenvalue weighted by molar-refractivity contribution is -0.175. The fourth-order valence-corrected chi connectivity index (χ4v) is 4.10. The third-order valence-corrected chi connectivity index (χ3v) is 5.67. The Kier molecular flexibility index (Phi) is 8.54. The molecule has 166 valence electrons. The maximum Gasteiger partial charge on any atom is 0.471 e. The van der Waals surface area contributed by atoms with Crippen molar-refractivity contribution in [2.75, 3.05) is 14.2 Å². The number of benzene rings is 1. The first kappa shape index (κ1) is 24.0. The van der Waals surface area contributed by atoms with Crippen LogP contribution in [0.1, 0.15) is 41.9 Å². The summed E-state index contributed by atoms with van der Waals surface area (Å²) in [6.45, 7) is 2.02. The van der Waals surface area contributed by atoms with Crippen molar-refractivity contribution in [3.63, 3.8) is 0 Å². The van der Waals surface area contributed by atoms with Gasteiger partial charge in [0.2, 0.25) is 0 Å². The predicted molar refractivity (Wildman–Crippen MR) is 109 cm³/mol. The molecule has 2 rings (SSSR count). The van der Waals surface area contributed by atoms with Crippen LogP contribution in [-0.4, -0.2) is 37.5 Å². The van der Waals surface area contributed by atoms with Gasteiger partial charge in [-0.25, -0.2) is 0 Å². The van der Waals surface area contributed by atoms with Crippen molar-refractivity contribution in [1.29, 1.82) is 0 Å². The van der Waals surface area contributed by atoms with E-state index in [-0.39, 0.29) is 6.42 Å². The summed E-state index contributed by atoms with van der Waals surface area (Å²) in [7, 11) is 2.99. The minimum absolute atomic E-state index is 0.109. The van der Waals surface area contributed by atoms with E-state index in [1.54, 1.807) is 29.6 Å². The molecule has 30 heavy (non-hydrogen) atoms. The second-order valence-corrected chi connectivity index (χ2v) is 7.84. The number of halogens is 3.